The number of amides is 1. The number of rotatable bonds is 6. The molecule has 0 saturated carbocycles. The van der Waals surface area contributed by atoms with E-state index < -0.39 is 23.1 Å². The quantitative estimate of drug-likeness (QED) is 0.349. The molecule has 0 aliphatic rings. The molecule has 4 aromatic rings. The van der Waals surface area contributed by atoms with Crippen LogP contribution in [0.1, 0.15) is 16.1 Å². The zero-order valence-corrected chi connectivity index (χ0v) is 19.5. The highest BCUT2D eigenvalue weighted by Crippen LogP contribution is 2.31. The Morgan fingerprint density at radius 1 is 1.09 bits per heavy atom. The molecule has 0 aliphatic heterocycles. The summed E-state index contributed by atoms with van der Waals surface area (Å²) >= 11 is 3.29. The minimum atomic E-state index is -0.748. The van der Waals surface area contributed by atoms with E-state index in [-0.39, 0.29) is 22.7 Å². The number of pyridine rings is 2. The van der Waals surface area contributed by atoms with Gasteiger partial charge in [-0.1, -0.05) is 0 Å². The number of aromatic nitrogens is 2. The van der Waals surface area contributed by atoms with E-state index in [9.17, 15) is 18.4 Å². The van der Waals surface area contributed by atoms with Gasteiger partial charge in [-0.3, -0.25) is 19.1 Å². The van der Waals surface area contributed by atoms with Gasteiger partial charge in [0.2, 0.25) is 0 Å². The summed E-state index contributed by atoms with van der Waals surface area (Å²) in [6.07, 6.45) is 5.80. The molecule has 0 fully saturated rings. The van der Waals surface area contributed by atoms with Crippen molar-refractivity contribution >= 4 is 33.6 Å². The molecule has 0 unspecified atom stereocenters. The van der Waals surface area contributed by atoms with Crippen LogP contribution in [-0.4, -0.2) is 15.5 Å². The van der Waals surface area contributed by atoms with Crippen LogP contribution in [0.2, 0.25) is 0 Å². The second kappa shape index (κ2) is 10.3. The fourth-order valence-corrected chi connectivity index (χ4v) is 3.49. The number of ether oxygens (including phenoxy) is 1. The average Bonchev–Trinajstić information content (AvgIpc) is 2.83. The Morgan fingerprint density at radius 2 is 1.86 bits per heavy atom. The summed E-state index contributed by atoms with van der Waals surface area (Å²) in [6.45, 7) is 0. The highest BCUT2D eigenvalue weighted by atomic mass is 79.9. The molecule has 10 heteroatoms. The average molecular weight is 539 g/mol. The fraction of sp³-hybridized carbons (Fsp3) is 0. The molecule has 0 spiro atoms. The number of benzene rings is 2. The molecule has 7 nitrogen and oxygen atoms in total. The van der Waals surface area contributed by atoms with Crippen molar-refractivity contribution in [1.82, 2.24) is 9.55 Å². The van der Waals surface area contributed by atoms with Crippen LogP contribution in [-0.2, 0) is 0 Å². The molecule has 0 saturated heterocycles. The number of nitrogens with one attached hydrogen (secondary N) is 1. The van der Waals surface area contributed by atoms with E-state index in [1.807, 2.05) is 0 Å². The predicted molar refractivity (Wildman–Crippen MR) is 132 cm³/mol. The smallest absolute Gasteiger partial charge is 0.267 e. The zero-order chi connectivity index (χ0) is 24.9. The van der Waals surface area contributed by atoms with Crippen molar-refractivity contribution < 1.29 is 18.3 Å². The standard InChI is InChI=1S/C25H17BrF2N4O3/c26-15-12-23(21(9-10-29)30-14-15)35-22-8-5-17(13-20(22)28)31-24(33)19-2-1-11-32(25(19)34)18-6-3-16(27)4-7-18/h1-14H,29H2,(H,31,33). The van der Waals surface area contributed by atoms with Gasteiger partial charge in [-0.15, -0.1) is 0 Å². The van der Waals surface area contributed by atoms with Gasteiger partial charge in [-0.2, -0.15) is 0 Å². The molecule has 4 rings (SSSR count). The molecule has 0 aliphatic carbocycles. The molecule has 176 valence electrons. The lowest BCUT2D eigenvalue weighted by Crippen LogP contribution is -2.27. The van der Waals surface area contributed by atoms with Crippen molar-refractivity contribution in [3.63, 3.8) is 0 Å². The Hall–Kier alpha value is -4.31. The van der Waals surface area contributed by atoms with Crippen molar-refractivity contribution in [2.75, 3.05) is 5.32 Å². The molecule has 1 amide bonds. The first kappa shape index (κ1) is 23.8. The third-order valence-corrected chi connectivity index (χ3v) is 5.24. The van der Waals surface area contributed by atoms with E-state index in [0.717, 1.165) is 6.07 Å². The van der Waals surface area contributed by atoms with Crippen molar-refractivity contribution in [3.8, 4) is 17.2 Å². The number of carbonyl (C=O) groups is 1. The second-order valence-corrected chi connectivity index (χ2v) is 8.09. The summed E-state index contributed by atoms with van der Waals surface area (Å²) in [5.74, 6) is -1.77. The molecule has 2 aromatic carbocycles. The minimum absolute atomic E-state index is 0.104. The van der Waals surface area contributed by atoms with E-state index in [2.05, 4.69) is 26.2 Å². The molecule has 0 radical (unpaired) electrons. The largest absolute Gasteiger partial charge is 0.452 e. The van der Waals surface area contributed by atoms with Crippen molar-refractivity contribution in [2.24, 2.45) is 5.73 Å². The van der Waals surface area contributed by atoms with E-state index in [4.69, 9.17) is 10.5 Å². The molecule has 2 heterocycles. The first-order chi connectivity index (χ1) is 16.9. The van der Waals surface area contributed by atoms with Crippen LogP contribution in [0.4, 0.5) is 14.5 Å². The summed E-state index contributed by atoms with van der Waals surface area (Å²) in [5.41, 5.74) is 5.55. The number of hydrogen-bond donors (Lipinski definition) is 2. The van der Waals surface area contributed by atoms with Crippen LogP contribution >= 0.6 is 15.9 Å². The van der Waals surface area contributed by atoms with E-state index >= 15 is 0 Å². The molecular weight excluding hydrogens is 522 g/mol. The minimum Gasteiger partial charge on any atom is -0.452 e. The van der Waals surface area contributed by atoms with Crippen LogP contribution in [0.25, 0.3) is 11.8 Å². The zero-order valence-electron chi connectivity index (χ0n) is 17.9. The van der Waals surface area contributed by atoms with Gasteiger partial charge in [0.15, 0.2) is 17.3 Å². The molecular formula is C25H17BrF2N4O3. The van der Waals surface area contributed by atoms with Gasteiger partial charge in [0.05, 0.1) is 0 Å². The maximum Gasteiger partial charge on any atom is 0.267 e. The summed E-state index contributed by atoms with van der Waals surface area (Å²) in [4.78, 5) is 29.7. The number of nitrogens with two attached hydrogens (primary N) is 1. The van der Waals surface area contributed by atoms with Gasteiger partial charge in [0, 0.05) is 34.3 Å². The van der Waals surface area contributed by atoms with E-state index in [1.54, 1.807) is 12.3 Å². The Labute approximate surface area is 206 Å². The second-order valence-electron chi connectivity index (χ2n) is 7.17. The Balaban J connectivity index is 1.55. The summed E-state index contributed by atoms with van der Waals surface area (Å²) in [7, 11) is 0. The van der Waals surface area contributed by atoms with Crippen LogP contribution in [0.3, 0.4) is 0 Å². The fourth-order valence-electron chi connectivity index (χ4n) is 3.18. The topological polar surface area (TPSA) is 99.2 Å². The monoisotopic (exact) mass is 538 g/mol. The Kier molecular flexibility index (Phi) is 7.02. The van der Waals surface area contributed by atoms with Gasteiger partial charge in [0.25, 0.3) is 11.5 Å². The molecule has 3 N–H and O–H groups in total. The number of anilines is 1. The van der Waals surface area contributed by atoms with Crippen LogP contribution < -0.4 is 21.3 Å². The van der Waals surface area contributed by atoms with Crippen molar-refractivity contribution in [1.29, 1.82) is 0 Å². The highest BCUT2D eigenvalue weighted by Gasteiger charge is 2.15. The lowest BCUT2D eigenvalue weighted by Gasteiger charge is -2.12. The van der Waals surface area contributed by atoms with E-state index in [1.165, 1.54) is 71.6 Å². The Bertz CT molecular complexity index is 1490. The van der Waals surface area contributed by atoms with Crippen molar-refractivity contribution in [3.05, 3.63) is 117 Å². The van der Waals surface area contributed by atoms with Gasteiger partial charge in [-0.05, 0) is 82.8 Å². The molecule has 0 atom stereocenters. The predicted octanol–water partition coefficient (Wildman–Crippen LogP) is 5.25. The summed E-state index contributed by atoms with van der Waals surface area (Å²) < 4.78 is 35.4. The summed E-state index contributed by atoms with van der Waals surface area (Å²) in [5, 5.41) is 2.50. The maximum atomic E-state index is 14.8. The number of carbonyl (C=O) groups excluding carboxylic acids is 1. The first-order valence-electron chi connectivity index (χ1n) is 10.2. The Morgan fingerprint density at radius 3 is 2.57 bits per heavy atom. The van der Waals surface area contributed by atoms with Gasteiger partial charge in [0.1, 0.15) is 17.1 Å². The molecule has 0 bridgehead atoms. The SMILES string of the molecule is NC=Cc1ncc(Br)cc1Oc1ccc(NC(=O)c2cccn(-c3ccc(F)cc3)c2=O)cc1F. The van der Waals surface area contributed by atoms with Crippen LogP contribution in [0.15, 0.2) is 88.5 Å². The van der Waals surface area contributed by atoms with Crippen LogP contribution in [0.5, 0.6) is 11.5 Å². The third-order valence-electron chi connectivity index (χ3n) is 4.81. The van der Waals surface area contributed by atoms with Gasteiger partial charge >= 0.3 is 0 Å². The molecule has 35 heavy (non-hydrogen) atoms. The normalized spacial score (nSPS) is 10.9. The number of halogens is 3. The molecule has 2 aromatic heterocycles. The first-order valence-corrected chi connectivity index (χ1v) is 10.9. The van der Waals surface area contributed by atoms with Gasteiger partial charge in [-0.25, -0.2) is 8.78 Å². The van der Waals surface area contributed by atoms with Crippen molar-refractivity contribution in [2.45, 2.75) is 0 Å². The highest BCUT2D eigenvalue weighted by molar-refractivity contribution is 9.10. The lowest BCUT2D eigenvalue weighted by atomic mass is 10.2. The lowest BCUT2D eigenvalue weighted by molar-refractivity contribution is 0.102. The van der Waals surface area contributed by atoms with Crippen LogP contribution in [0, 0.1) is 11.6 Å². The summed E-state index contributed by atoms with van der Waals surface area (Å²) in [6, 6.07) is 13.6. The third kappa shape index (κ3) is 5.44. The number of hydrogen-bond acceptors (Lipinski definition) is 5. The van der Waals surface area contributed by atoms with Gasteiger partial charge < -0.3 is 15.8 Å². The number of nitrogens with zero attached hydrogens (tertiary/aromatic N) is 2. The van der Waals surface area contributed by atoms with E-state index in [0.29, 0.717) is 15.9 Å². The maximum absolute atomic E-state index is 14.8.